The molecule has 0 saturated heterocycles. The summed E-state index contributed by atoms with van der Waals surface area (Å²) < 4.78 is 0. The summed E-state index contributed by atoms with van der Waals surface area (Å²) in [6.07, 6.45) is 0. The van der Waals surface area contributed by atoms with E-state index >= 15 is 0 Å². The van der Waals surface area contributed by atoms with Crippen molar-refractivity contribution in [3.8, 4) is 0 Å². The van der Waals surface area contributed by atoms with Crippen LogP contribution in [0.1, 0.15) is 31.3 Å². The van der Waals surface area contributed by atoms with Gasteiger partial charge in [-0.1, -0.05) is 26.8 Å². The maximum atomic E-state index is 11.6. The minimum Gasteiger partial charge on any atom is -0.350 e. The number of hydrogen-bond donors (Lipinski definition) is 2. The number of aromatic nitrogens is 1. The first-order chi connectivity index (χ1) is 7.50. The van der Waals surface area contributed by atoms with Crippen molar-refractivity contribution < 1.29 is 4.79 Å². The normalized spacial score (nSPS) is 12.5. The van der Waals surface area contributed by atoms with E-state index in [9.17, 15) is 9.59 Å². The van der Waals surface area contributed by atoms with Crippen molar-refractivity contribution in [3.63, 3.8) is 0 Å². The lowest BCUT2D eigenvalue weighted by molar-refractivity contribution is 0.0939. The van der Waals surface area contributed by atoms with Crippen molar-refractivity contribution >= 4 is 5.91 Å². The van der Waals surface area contributed by atoms with Crippen LogP contribution in [0.4, 0.5) is 0 Å². The molecule has 0 fully saturated rings. The van der Waals surface area contributed by atoms with Crippen LogP contribution in [0.25, 0.3) is 0 Å². The van der Waals surface area contributed by atoms with Crippen molar-refractivity contribution in [3.05, 3.63) is 34.2 Å². The van der Waals surface area contributed by atoms with Gasteiger partial charge in [0.25, 0.3) is 5.91 Å². The predicted molar refractivity (Wildman–Crippen MR) is 63.4 cm³/mol. The monoisotopic (exact) mass is 222 g/mol. The molecule has 0 radical (unpaired) electrons. The Morgan fingerprint density at radius 1 is 1.38 bits per heavy atom. The Balaban J connectivity index is 2.57. The Morgan fingerprint density at radius 3 is 2.62 bits per heavy atom. The average Bonchev–Trinajstić information content (AvgIpc) is 2.25. The van der Waals surface area contributed by atoms with Crippen LogP contribution in [0.2, 0.25) is 0 Å². The predicted octanol–water partition coefficient (Wildman–Crippen LogP) is 1.40. The number of pyridine rings is 1. The lowest BCUT2D eigenvalue weighted by Gasteiger charge is -2.15. The first kappa shape index (κ1) is 12.5. The quantitative estimate of drug-likeness (QED) is 0.808. The number of carbonyl (C=O) groups excluding carboxylic acids is 1. The van der Waals surface area contributed by atoms with Crippen molar-refractivity contribution in [2.24, 2.45) is 11.8 Å². The molecule has 0 spiro atoms. The Morgan fingerprint density at radius 2 is 2.06 bits per heavy atom. The molecule has 88 valence electrons. The van der Waals surface area contributed by atoms with Crippen LogP contribution in [-0.4, -0.2) is 17.4 Å². The van der Waals surface area contributed by atoms with Gasteiger partial charge >= 0.3 is 0 Å². The third kappa shape index (κ3) is 3.53. The summed E-state index contributed by atoms with van der Waals surface area (Å²) in [6.45, 7) is 6.93. The molecule has 1 aromatic heterocycles. The van der Waals surface area contributed by atoms with Crippen LogP contribution in [-0.2, 0) is 0 Å². The molecule has 1 rings (SSSR count). The summed E-state index contributed by atoms with van der Waals surface area (Å²) in [5, 5.41) is 2.80. The second kappa shape index (κ2) is 5.49. The Bertz CT molecular complexity index is 409. The molecule has 1 atom stereocenters. The smallest absolute Gasteiger partial charge is 0.267 e. The van der Waals surface area contributed by atoms with E-state index in [-0.39, 0.29) is 11.5 Å². The van der Waals surface area contributed by atoms with E-state index in [1.807, 2.05) is 0 Å². The van der Waals surface area contributed by atoms with Gasteiger partial charge in [-0.15, -0.1) is 0 Å². The molecular weight excluding hydrogens is 204 g/mol. The number of rotatable bonds is 4. The van der Waals surface area contributed by atoms with Gasteiger partial charge in [0.1, 0.15) is 5.69 Å². The van der Waals surface area contributed by atoms with Gasteiger partial charge in [0, 0.05) is 12.6 Å². The zero-order valence-electron chi connectivity index (χ0n) is 9.91. The Labute approximate surface area is 95.1 Å². The summed E-state index contributed by atoms with van der Waals surface area (Å²) in [5.41, 5.74) is 0.0491. The van der Waals surface area contributed by atoms with Gasteiger partial charge in [-0.2, -0.15) is 0 Å². The molecule has 0 aliphatic rings. The lowest BCUT2D eigenvalue weighted by atomic mass is 9.98. The van der Waals surface area contributed by atoms with Gasteiger partial charge in [0.2, 0.25) is 5.56 Å². The van der Waals surface area contributed by atoms with E-state index in [4.69, 9.17) is 0 Å². The van der Waals surface area contributed by atoms with E-state index in [1.165, 1.54) is 6.07 Å². The van der Waals surface area contributed by atoms with Crippen LogP contribution in [0.5, 0.6) is 0 Å². The number of hydrogen-bond acceptors (Lipinski definition) is 2. The van der Waals surface area contributed by atoms with Crippen molar-refractivity contribution in [1.82, 2.24) is 10.3 Å². The van der Waals surface area contributed by atoms with Gasteiger partial charge in [0.15, 0.2) is 0 Å². The van der Waals surface area contributed by atoms with Crippen molar-refractivity contribution in [1.29, 1.82) is 0 Å². The zero-order valence-corrected chi connectivity index (χ0v) is 9.91. The number of amides is 1. The minimum absolute atomic E-state index is 0.231. The molecule has 1 amide bonds. The summed E-state index contributed by atoms with van der Waals surface area (Å²) >= 11 is 0. The Kier molecular flexibility index (Phi) is 4.28. The molecular formula is C12H18N2O2. The molecule has 16 heavy (non-hydrogen) atoms. The fraction of sp³-hybridized carbons (Fsp3) is 0.500. The molecule has 4 heteroatoms. The highest BCUT2D eigenvalue weighted by atomic mass is 16.2. The fourth-order valence-electron chi connectivity index (χ4n) is 1.16. The second-order valence-electron chi connectivity index (χ2n) is 4.36. The molecule has 0 saturated carbocycles. The molecule has 0 aliphatic carbocycles. The average molecular weight is 222 g/mol. The van der Waals surface area contributed by atoms with Gasteiger partial charge in [-0.25, -0.2) is 0 Å². The van der Waals surface area contributed by atoms with E-state index in [2.05, 4.69) is 31.1 Å². The minimum atomic E-state index is -0.260. The number of carbonyl (C=O) groups is 1. The van der Waals surface area contributed by atoms with Crippen LogP contribution < -0.4 is 10.9 Å². The summed E-state index contributed by atoms with van der Waals surface area (Å²) in [7, 11) is 0. The maximum absolute atomic E-state index is 11.6. The molecule has 0 aromatic carbocycles. The van der Waals surface area contributed by atoms with Crippen LogP contribution in [0, 0.1) is 11.8 Å². The molecule has 1 aromatic rings. The molecule has 1 unspecified atom stereocenters. The summed E-state index contributed by atoms with van der Waals surface area (Å²) in [5.74, 6) is 0.708. The van der Waals surface area contributed by atoms with E-state index in [1.54, 1.807) is 12.1 Å². The van der Waals surface area contributed by atoms with Crippen molar-refractivity contribution in [2.45, 2.75) is 20.8 Å². The topological polar surface area (TPSA) is 62.0 Å². The lowest BCUT2D eigenvalue weighted by Crippen LogP contribution is -2.31. The molecule has 0 aliphatic heterocycles. The summed E-state index contributed by atoms with van der Waals surface area (Å²) in [4.78, 5) is 25.1. The third-order valence-electron chi connectivity index (χ3n) is 2.74. The SMILES string of the molecule is CC(C)C(C)CNC(=O)c1cccc(=O)[nH]1. The largest absolute Gasteiger partial charge is 0.350 e. The first-order valence-electron chi connectivity index (χ1n) is 5.48. The van der Waals surface area contributed by atoms with E-state index in [0.29, 0.717) is 24.1 Å². The van der Waals surface area contributed by atoms with Crippen LogP contribution in [0.15, 0.2) is 23.0 Å². The number of H-pyrrole nitrogens is 1. The molecule has 1 heterocycles. The van der Waals surface area contributed by atoms with Crippen LogP contribution >= 0.6 is 0 Å². The highest BCUT2D eigenvalue weighted by Crippen LogP contribution is 2.07. The molecule has 0 bridgehead atoms. The highest BCUT2D eigenvalue weighted by Gasteiger charge is 2.10. The third-order valence-corrected chi connectivity index (χ3v) is 2.74. The summed E-state index contributed by atoms with van der Waals surface area (Å²) in [6, 6.07) is 4.55. The second-order valence-corrected chi connectivity index (χ2v) is 4.36. The Hall–Kier alpha value is -1.58. The van der Waals surface area contributed by atoms with Crippen LogP contribution in [0.3, 0.4) is 0 Å². The highest BCUT2D eigenvalue weighted by molar-refractivity contribution is 5.92. The number of nitrogens with one attached hydrogen (secondary N) is 2. The first-order valence-corrected chi connectivity index (χ1v) is 5.48. The van der Waals surface area contributed by atoms with E-state index < -0.39 is 0 Å². The maximum Gasteiger partial charge on any atom is 0.267 e. The zero-order chi connectivity index (χ0) is 12.1. The van der Waals surface area contributed by atoms with Gasteiger partial charge < -0.3 is 10.3 Å². The van der Waals surface area contributed by atoms with Crippen molar-refractivity contribution in [2.75, 3.05) is 6.54 Å². The van der Waals surface area contributed by atoms with E-state index in [0.717, 1.165) is 0 Å². The standard InChI is InChI=1S/C12H18N2O2/c1-8(2)9(3)7-13-12(16)10-5-4-6-11(15)14-10/h4-6,8-9H,7H2,1-3H3,(H,13,16)(H,14,15). The van der Waals surface area contributed by atoms with Gasteiger partial charge in [-0.05, 0) is 17.9 Å². The fourth-order valence-corrected chi connectivity index (χ4v) is 1.16. The molecule has 4 nitrogen and oxygen atoms in total. The molecule has 2 N–H and O–H groups in total. The van der Waals surface area contributed by atoms with Gasteiger partial charge in [-0.3, -0.25) is 9.59 Å². The van der Waals surface area contributed by atoms with Gasteiger partial charge in [0.05, 0.1) is 0 Å². The number of aromatic amines is 1.